The van der Waals surface area contributed by atoms with Crippen molar-refractivity contribution >= 4 is 17.6 Å². The molecule has 0 saturated carbocycles. The highest BCUT2D eigenvalue weighted by Gasteiger charge is 2.29. The second-order valence-electron chi connectivity index (χ2n) is 4.87. The summed E-state index contributed by atoms with van der Waals surface area (Å²) in [6.45, 7) is 6.13. The van der Waals surface area contributed by atoms with Crippen molar-refractivity contribution in [3.8, 4) is 0 Å². The lowest BCUT2D eigenvalue weighted by Crippen LogP contribution is -2.39. The monoisotopic (exact) mass is 278 g/mol. The summed E-state index contributed by atoms with van der Waals surface area (Å²) >= 11 is 0. The Kier molecular flexibility index (Phi) is 5.70. The van der Waals surface area contributed by atoms with Crippen LogP contribution in [0.3, 0.4) is 0 Å². The van der Waals surface area contributed by atoms with Gasteiger partial charge in [-0.05, 0) is 44.5 Å². The predicted molar refractivity (Wildman–Crippen MR) is 78.5 cm³/mol. The highest BCUT2D eigenvalue weighted by atomic mass is 16.5. The summed E-state index contributed by atoms with van der Waals surface area (Å²) in [6, 6.07) is 6.60. The summed E-state index contributed by atoms with van der Waals surface area (Å²) in [5.74, 6) is -0.489. The van der Waals surface area contributed by atoms with E-state index in [4.69, 9.17) is 10.5 Å². The van der Waals surface area contributed by atoms with Crippen LogP contribution in [0, 0.1) is 5.41 Å². The van der Waals surface area contributed by atoms with Crippen LogP contribution in [0.2, 0.25) is 0 Å². The molecule has 0 fully saturated rings. The molecule has 1 unspecified atom stereocenters. The average Bonchev–Trinajstić information content (AvgIpc) is 2.47. The van der Waals surface area contributed by atoms with Crippen molar-refractivity contribution in [2.45, 2.75) is 27.2 Å². The van der Waals surface area contributed by atoms with Crippen LogP contribution in [0.15, 0.2) is 24.3 Å². The third kappa shape index (κ3) is 3.81. The Labute approximate surface area is 119 Å². The fourth-order valence-electron chi connectivity index (χ4n) is 1.58. The molecule has 1 rings (SSSR count). The lowest BCUT2D eigenvalue weighted by atomic mass is 9.86. The van der Waals surface area contributed by atoms with Crippen LogP contribution in [0.4, 0.5) is 5.69 Å². The van der Waals surface area contributed by atoms with E-state index in [1.54, 1.807) is 31.2 Å². The van der Waals surface area contributed by atoms with Crippen LogP contribution in [0.1, 0.15) is 37.6 Å². The van der Waals surface area contributed by atoms with Crippen LogP contribution in [-0.4, -0.2) is 25.0 Å². The van der Waals surface area contributed by atoms with Gasteiger partial charge in [-0.15, -0.1) is 0 Å². The van der Waals surface area contributed by atoms with E-state index < -0.39 is 5.41 Å². The van der Waals surface area contributed by atoms with Crippen molar-refractivity contribution in [3.05, 3.63) is 29.8 Å². The summed E-state index contributed by atoms with van der Waals surface area (Å²) in [6.07, 6.45) is 0.663. The number of amides is 1. The van der Waals surface area contributed by atoms with Gasteiger partial charge in [0, 0.05) is 12.2 Å². The lowest BCUT2D eigenvalue weighted by Gasteiger charge is -2.24. The van der Waals surface area contributed by atoms with Crippen molar-refractivity contribution in [1.29, 1.82) is 0 Å². The second-order valence-corrected chi connectivity index (χ2v) is 4.87. The van der Waals surface area contributed by atoms with E-state index in [2.05, 4.69) is 5.32 Å². The zero-order valence-corrected chi connectivity index (χ0v) is 12.2. The summed E-state index contributed by atoms with van der Waals surface area (Å²) in [5, 5.41) is 2.81. The first-order chi connectivity index (χ1) is 9.46. The van der Waals surface area contributed by atoms with Crippen LogP contribution >= 0.6 is 0 Å². The molecule has 0 bridgehead atoms. The first-order valence-electron chi connectivity index (χ1n) is 6.75. The topological polar surface area (TPSA) is 81.4 Å². The standard InChI is InChI=1S/C15H22N2O3/c1-4-15(3,10-16)14(19)17-12-8-6-11(7-9-12)13(18)20-5-2/h6-9H,4-5,10,16H2,1-3H3,(H,17,19). The van der Waals surface area contributed by atoms with Gasteiger partial charge in [0.2, 0.25) is 5.91 Å². The molecular weight excluding hydrogens is 256 g/mol. The zero-order valence-electron chi connectivity index (χ0n) is 12.2. The molecule has 5 heteroatoms. The van der Waals surface area contributed by atoms with Crippen molar-refractivity contribution in [1.82, 2.24) is 0 Å². The molecule has 1 aromatic carbocycles. The molecule has 1 amide bonds. The maximum absolute atomic E-state index is 12.1. The van der Waals surface area contributed by atoms with E-state index in [-0.39, 0.29) is 18.4 Å². The number of nitrogens with one attached hydrogen (secondary N) is 1. The molecule has 0 aromatic heterocycles. The van der Waals surface area contributed by atoms with Crippen molar-refractivity contribution in [2.75, 3.05) is 18.5 Å². The third-order valence-electron chi connectivity index (χ3n) is 3.43. The Morgan fingerprint density at radius 3 is 2.30 bits per heavy atom. The summed E-state index contributed by atoms with van der Waals surface area (Å²) in [4.78, 5) is 23.6. The number of rotatable bonds is 6. The fraction of sp³-hybridized carbons (Fsp3) is 0.467. The summed E-state index contributed by atoms with van der Waals surface area (Å²) in [7, 11) is 0. The molecule has 0 spiro atoms. The van der Waals surface area contributed by atoms with Gasteiger partial charge in [0.15, 0.2) is 0 Å². The second kappa shape index (κ2) is 7.05. The largest absolute Gasteiger partial charge is 0.462 e. The number of benzene rings is 1. The summed E-state index contributed by atoms with van der Waals surface area (Å²) < 4.78 is 4.90. The molecule has 110 valence electrons. The van der Waals surface area contributed by atoms with Gasteiger partial charge in [-0.3, -0.25) is 4.79 Å². The molecule has 1 aromatic rings. The maximum atomic E-state index is 12.1. The number of carbonyl (C=O) groups excluding carboxylic acids is 2. The molecule has 3 N–H and O–H groups in total. The van der Waals surface area contributed by atoms with E-state index in [1.807, 2.05) is 13.8 Å². The number of anilines is 1. The van der Waals surface area contributed by atoms with E-state index in [9.17, 15) is 9.59 Å². The van der Waals surface area contributed by atoms with Crippen molar-refractivity contribution < 1.29 is 14.3 Å². The number of carbonyl (C=O) groups is 2. The molecule has 0 radical (unpaired) electrons. The number of esters is 1. The fourth-order valence-corrected chi connectivity index (χ4v) is 1.58. The molecular formula is C15H22N2O3. The minimum absolute atomic E-state index is 0.119. The van der Waals surface area contributed by atoms with E-state index in [0.29, 0.717) is 24.3 Å². The van der Waals surface area contributed by atoms with Gasteiger partial charge in [-0.25, -0.2) is 4.79 Å². The van der Waals surface area contributed by atoms with Crippen molar-refractivity contribution in [3.63, 3.8) is 0 Å². The first-order valence-corrected chi connectivity index (χ1v) is 6.75. The SMILES string of the molecule is CCOC(=O)c1ccc(NC(=O)C(C)(CC)CN)cc1. The third-order valence-corrected chi connectivity index (χ3v) is 3.43. The molecule has 1 atom stereocenters. The molecule has 0 aliphatic heterocycles. The number of ether oxygens (including phenoxy) is 1. The quantitative estimate of drug-likeness (QED) is 0.781. The Morgan fingerprint density at radius 2 is 1.85 bits per heavy atom. The lowest BCUT2D eigenvalue weighted by molar-refractivity contribution is -0.124. The predicted octanol–water partition coefficient (Wildman–Crippen LogP) is 2.18. The average molecular weight is 278 g/mol. The van der Waals surface area contributed by atoms with E-state index in [0.717, 1.165) is 0 Å². The van der Waals surface area contributed by atoms with Gasteiger partial charge in [0.25, 0.3) is 0 Å². The maximum Gasteiger partial charge on any atom is 0.338 e. The van der Waals surface area contributed by atoms with Crippen molar-refractivity contribution in [2.24, 2.45) is 11.1 Å². The molecule has 0 aliphatic rings. The minimum Gasteiger partial charge on any atom is -0.462 e. The first kappa shape index (κ1) is 16.2. The van der Waals surface area contributed by atoms with Gasteiger partial charge in [-0.1, -0.05) is 6.92 Å². The van der Waals surface area contributed by atoms with Crippen LogP contribution in [0.5, 0.6) is 0 Å². The Hall–Kier alpha value is -1.88. The molecule has 0 heterocycles. The highest BCUT2D eigenvalue weighted by molar-refractivity contribution is 5.96. The molecule has 20 heavy (non-hydrogen) atoms. The number of hydrogen-bond acceptors (Lipinski definition) is 4. The van der Waals surface area contributed by atoms with Gasteiger partial charge in [-0.2, -0.15) is 0 Å². The normalized spacial score (nSPS) is 13.4. The van der Waals surface area contributed by atoms with Gasteiger partial charge < -0.3 is 15.8 Å². The van der Waals surface area contributed by atoms with E-state index >= 15 is 0 Å². The molecule has 0 saturated heterocycles. The van der Waals surface area contributed by atoms with Crippen LogP contribution < -0.4 is 11.1 Å². The van der Waals surface area contributed by atoms with Gasteiger partial charge in [0.1, 0.15) is 0 Å². The minimum atomic E-state index is -0.584. The zero-order chi connectivity index (χ0) is 15.2. The van der Waals surface area contributed by atoms with Crippen LogP contribution in [0.25, 0.3) is 0 Å². The van der Waals surface area contributed by atoms with Crippen LogP contribution in [-0.2, 0) is 9.53 Å². The molecule has 0 aliphatic carbocycles. The number of hydrogen-bond donors (Lipinski definition) is 2. The van der Waals surface area contributed by atoms with Gasteiger partial charge in [0.05, 0.1) is 17.6 Å². The van der Waals surface area contributed by atoms with E-state index in [1.165, 1.54) is 0 Å². The van der Waals surface area contributed by atoms with Gasteiger partial charge >= 0.3 is 5.97 Å². The summed E-state index contributed by atoms with van der Waals surface area (Å²) in [5.41, 5.74) is 6.16. The Balaban J connectivity index is 2.75. The molecule has 5 nitrogen and oxygen atoms in total. The Morgan fingerprint density at radius 1 is 1.25 bits per heavy atom. The Bertz CT molecular complexity index is 465. The smallest absolute Gasteiger partial charge is 0.338 e. The number of nitrogens with two attached hydrogens (primary N) is 1. The highest BCUT2D eigenvalue weighted by Crippen LogP contribution is 2.22.